The molecule has 0 N–H and O–H groups in total. The van der Waals surface area contributed by atoms with Crippen molar-refractivity contribution in [2.45, 2.75) is 13.5 Å². The molecule has 5 rings (SSSR count). The van der Waals surface area contributed by atoms with Gasteiger partial charge in [0.05, 0.1) is 27.4 Å². The van der Waals surface area contributed by atoms with Gasteiger partial charge in [-0.25, -0.2) is 19.2 Å². The first-order valence-corrected chi connectivity index (χ1v) is 8.81. The summed E-state index contributed by atoms with van der Waals surface area (Å²) in [6.07, 6.45) is 5.36. The molecule has 0 aliphatic heterocycles. The largest absolute Gasteiger partial charge is 0.264 e. The molecule has 0 radical (unpaired) electrons. The molecule has 0 saturated carbocycles. The molecule has 1 aromatic carbocycles. The first-order valence-electron chi connectivity index (χ1n) is 8.02. The SMILES string of the molecule is Cc1nn(Cc2nc3c4cnn(-c5ccccc5)c4ncn3n2)cc1Br. The Morgan fingerprint density at radius 3 is 2.69 bits per heavy atom. The maximum absolute atomic E-state index is 4.66. The fraction of sp³-hybridized carbons (Fsp3) is 0.118. The van der Waals surface area contributed by atoms with Gasteiger partial charge < -0.3 is 0 Å². The van der Waals surface area contributed by atoms with Crippen molar-refractivity contribution in [2.24, 2.45) is 0 Å². The minimum Gasteiger partial charge on any atom is -0.264 e. The highest BCUT2D eigenvalue weighted by atomic mass is 79.9. The van der Waals surface area contributed by atoms with E-state index >= 15 is 0 Å². The van der Waals surface area contributed by atoms with Crippen LogP contribution in [0.15, 0.2) is 53.5 Å². The number of aromatic nitrogens is 8. The topological polar surface area (TPSA) is 78.7 Å². The number of benzene rings is 1. The van der Waals surface area contributed by atoms with Crippen LogP contribution in [0, 0.1) is 6.92 Å². The Morgan fingerprint density at radius 1 is 1.08 bits per heavy atom. The zero-order valence-electron chi connectivity index (χ0n) is 13.8. The smallest absolute Gasteiger partial charge is 0.173 e. The van der Waals surface area contributed by atoms with Crippen LogP contribution in [-0.2, 0) is 6.54 Å². The van der Waals surface area contributed by atoms with Gasteiger partial charge in [-0.2, -0.15) is 10.2 Å². The van der Waals surface area contributed by atoms with Crippen molar-refractivity contribution in [3.63, 3.8) is 0 Å². The van der Waals surface area contributed by atoms with Crippen molar-refractivity contribution in [1.82, 2.24) is 39.1 Å². The van der Waals surface area contributed by atoms with E-state index in [1.165, 1.54) is 0 Å². The van der Waals surface area contributed by atoms with E-state index in [0.29, 0.717) is 12.4 Å². The molecule has 8 nitrogen and oxygen atoms in total. The van der Waals surface area contributed by atoms with E-state index in [1.807, 2.05) is 48.1 Å². The van der Waals surface area contributed by atoms with Crippen molar-refractivity contribution in [2.75, 3.05) is 0 Å². The lowest BCUT2D eigenvalue weighted by molar-refractivity contribution is 0.648. The lowest BCUT2D eigenvalue weighted by Crippen LogP contribution is -2.02. The molecule has 4 heterocycles. The zero-order chi connectivity index (χ0) is 17.7. The number of nitrogens with zero attached hydrogens (tertiary/aromatic N) is 8. The van der Waals surface area contributed by atoms with Crippen molar-refractivity contribution < 1.29 is 0 Å². The summed E-state index contributed by atoms with van der Waals surface area (Å²) < 4.78 is 6.26. The fourth-order valence-corrected chi connectivity index (χ4v) is 3.23. The molecule has 0 spiro atoms. The predicted molar refractivity (Wildman–Crippen MR) is 99.2 cm³/mol. The van der Waals surface area contributed by atoms with Crippen LogP contribution in [-0.4, -0.2) is 39.1 Å². The number of aryl methyl sites for hydroxylation is 1. The molecule has 26 heavy (non-hydrogen) atoms. The van der Waals surface area contributed by atoms with Gasteiger partial charge in [-0.1, -0.05) is 18.2 Å². The van der Waals surface area contributed by atoms with Crippen LogP contribution in [0.5, 0.6) is 0 Å². The third-order valence-corrected chi connectivity index (χ3v) is 4.92. The summed E-state index contributed by atoms with van der Waals surface area (Å²) in [5.41, 5.74) is 3.37. The number of halogens is 1. The summed E-state index contributed by atoms with van der Waals surface area (Å²) in [5, 5.41) is 14.3. The highest BCUT2D eigenvalue weighted by molar-refractivity contribution is 9.10. The molecular weight excluding hydrogens is 396 g/mol. The Morgan fingerprint density at radius 2 is 1.92 bits per heavy atom. The first kappa shape index (κ1) is 15.2. The molecule has 0 unspecified atom stereocenters. The van der Waals surface area contributed by atoms with Crippen LogP contribution in [0.2, 0.25) is 0 Å². The number of fused-ring (bicyclic) bond motifs is 3. The normalized spacial score (nSPS) is 11.6. The molecular formula is C17H13BrN8. The Bertz CT molecular complexity index is 1210. The van der Waals surface area contributed by atoms with Gasteiger partial charge in [-0.3, -0.25) is 4.68 Å². The number of para-hydroxylation sites is 1. The van der Waals surface area contributed by atoms with Gasteiger partial charge in [0, 0.05) is 6.20 Å². The molecule has 0 fully saturated rings. The molecule has 4 aromatic heterocycles. The minimum absolute atomic E-state index is 0.489. The van der Waals surface area contributed by atoms with E-state index in [2.05, 4.69) is 41.2 Å². The van der Waals surface area contributed by atoms with Crippen LogP contribution < -0.4 is 0 Å². The molecule has 5 aromatic rings. The van der Waals surface area contributed by atoms with Gasteiger partial charge in [0.15, 0.2) is 17.1 Å². The lowest BCUT2D eigenvalue weighted by atomic mass is 10.3. The highest BCUT2D eigenvalue weighted by Crippen LogP contribution is 2.20. The second-order valence-electron chi connectivity index (χ2n) is 5.93. The van der Waals surface area contributed by atoms with E-state index in [4.69, 9.17) is 0 Å². The fourth-order valence-electron chi connectivity index (χ4n) is 2.91. The quantitative estimate of drug-likeness (QED) is 0.458. The molecule has 0 bridgehead atoms. The number of hydrogen-bond donors (Lipinski definition) is 0. The van der Waals surface area contributed by atoms with Crippen LogP contribution in [0.25, 0.3) is 22.4 Å². The van der Waals surface area contributed by atoms with Crippen molar-refractivity contribution >= 4 is 32.6 Å². The highest BCUT2D eigenvalue weighted by Gasteiger charge is 2.14. The van der Waals surface area contributed by atoms with Gasteiger partial charge in [-0.15, -0.1) is 5.10 Å². The molecule has 0 aliphatic rings. The molecule has 128 valence electrons. The summed E-state index contributed by atoms with van der Waals surface area (Å²) in [7, 11) is 0. The van der Waals surface area contributed by atoms with Crippen LogP contribution in [0.3, 0.4) is 0 Å². The Balaban J connectivity index is 1.60. The molecule has 0 amide bonds. The Kier molecular flexibility index (Phi) is 3.35. The first-order chi connectivity index (χ1) is 12.7. The average molecular weight is 409 g/mol. The Labute approximate surface area is 156 Å². The second kappa shape index (κ2) is 5.73. The third kappa shape index (κ3) is 2.39. The Hall–Kier alpha value is -3.07. The van der Waals surface area contributed by atoms with Gasteiger partial charge in [0.2, 0.25) is 0 Å². The maximum atomic E-state index is 4.66. The van der Waals surface area contributed by atoms with Crippen LogP contribution in [0.4, 0.5) is 0 Å². The van der Waals surface area contributed by atoms with Gasteiger partial charge in [0.1, 0.15) is 12.9 Å². The summed E-state index contributed by atoms with van der Waals surface area (Å²) in [4.78, 5) is 9.18. The van der Waals surface area contributed by atoms with E-state index in [1.54, 1.807) is 21.7 Å². The van der Waals surface area contributed by atoms with Gasteiger partial charge in [-0.05, 0) is 35.0 Å². The van der Waals surface area contributed by atoms with E-state index in [9.17, 15) is 0 Å². The molecule has 0 aliphatic carbocycles. The monoisotopic (exact) mass is 408 g/mol. The number of hydrogen-bond acceptors (Lipinski definition) is 5. The maximum Gasteiger partial charge on any atom is 0.173 e. The molecule has 0 saturated heterocycles. The van der Waals surface area contributed by atoms with Crippen LogP contribution in [0.1, 0.15) is 11.5 Å². The molecule has 9 heteroatoms. The second-order valence-corrected chi connectivity index (χ2v) is 6.78. The summed E-state index contributed by atoms with van der Waals surface area (Å²) in [6.45, 7) is 2.44. The summed E-state index contributed by atoms with van der Waals surface area (Å²) >= 11 is 3.47. The average Bonchev–Trinajstić information content (AvgIpc) is 3.32. The third-order valence-electron chi connectivity index (χ3n) is 4.14. The van der Waals surface area contributed by atoms with E-state index < -0.39 is 0 Å². The van der Waals surface area contributed by atoms with Gasteiger partial charge >= 0.3 is 0 Å². The zero-order valence-corrected chi connectivity index (χ0v) is 15.4. The van der Waals surface area contributed by atoms with Crippen molar-refractivity contribution in [3.8, 4) is 5.69 Å². The predicted octanol–water partition coefficient (Wildman–Crippen LogP) is 2.78. The summed E-state index contributed by atoms with van der Waals surface area (Å²) in [5.74, 6) is 0.668. The van der Waals surface area contributed by atoms with Crippen LogP contribution >= 0.6 is 15.9 Å². The number of rotatable bonds is 3. The standard InChI is InChI=1S/C17H13BrN8/c1-11-14(18)8-24(22-11)9-15-21-17-13-7-20-26(12-5-3-2-4-6-12)16(13)19-10-25(17)23-15/h2-8,10H,9H2,1H3. The van der Waals surface area contributed by atoms with Crippen molar-refractivity contribution in [3.05, 3.63) is 65.0 Å². The summed E-state index contributed by atoms with van der Waals surface area (Å²) in [6, 6.07) is 9.90. The van der Waals surface area contributed by atoms with Crippen molar-refractivity contribution in [1.29, 1.82) is 0 Å². The lowest BCUT2D eigenvalue weighted by Gasteiger charge is -2.01. The van der Waals surface area contributed by atoms with Gasteiger partial charge in [0.25, 0.3) is 0 Å². The van der Waals surface area contributed by atoms with E-state index in [-0.39, 0.29) is 0 Å². The minimum atomic E-state index is 0.489. The van der Waals surface area contributed by atoms with E-state index in [0.717, 1.165) is 32.5 Å². The molecule has 0 atom stereocenters.